The number of rotatable bonds is 6. The monoisotopic (exact) mass is 296 g/mol. The van der Waals surface area contributed by atoms with Gasteiger partial charge in [0.05, 0.1) is 11.4 Å². The first-order chi connectivity index (χ1) is 10.5. The summed E-state index contributed by atoms with van der Waals surface area (Å²) in [6.07, 6.45) is 0. The minimum Gasteiger partial charge on any atom is -0.305 e. The second-order valence-electron chi connectivity index (χ2n) is 6.01. The summed E-state index contributed by atoms with van der Waals surface area (Å²) in [6, 6.07) is 16.4. The Hall–Kier alpha value is -2.04. The minimum absolute atomic E-state index is 0.875. The molecule has 0 saturated heterocycles. The molecular formula is C18H24N4. The third-order valence-electron chi connectivity index (χ3n) is 3.15. The Bertz CT molecular complexity index is 542. The third-order valence-corrected chi connectivity index (χ3v) is 3.15. The predicted molar refractivity (Wildman–Crippen MR) is 91.8 cm³/mol. The number of hydrogen-bond donors (Lipinski definition) is 0. The van der Waals surface area contributed by atoms with Crippen molar-refractivity contribution in [1.82, 2.24) is 9.80 Å². The fraction of sp³-hybridized carbons (Fsp3) is 0.333. The predicted octanol–water partition coefficient (Wildman–Crippen LogP) is 4.23. The first kappa shape index (κ1) is 16.3. The second-order valence-corrected chi connectivity index (χ2v) is 6.01. The highest BCUT2D eigenvalue weighted by atomic mass is 15.1. The van der Waals surface area contributed by atoms with Crippen molar-refractivity contribution in [2.24, 2.45) is 10.2 Å². The zero-order valence-corrected chi connectivity index (χ0v) is 13.8. The van der Waals surface area contributed by atoms with Crippen LogP contribution in [0.2, 0.25) is 0 Å². The highest BCUT2D eigenvalue weighted by Gasteiger charge is 1.97. The maximum Gasteiger partial charge on any atom is 0.0857 e. The van der Waals surface area contributed by atoms with Crippen molar-refractivity contribution < 1.29 is 0 Å². The van der Waals surface area contributed by atoms with Gasteiger partial charge in [-0.2, -0.15) is 10.2 Å². The molecule has 2 aromatic carbocycles. The molecule has 0 atom stereocenters. The van der Waals surface area contributed by atoms with E-state index in [1.54, 1.807) is 0 Å². The van der Waals surface area contributed by atoms with Crippen molar-refractivity contribution in [3.8, 4) is 0 Å². The molecule has 0 fully saturated rings. The molecular weight excluding hydrogens is 272 g/mol. The normalized spacial score (nSPS) is 11.7. The van der Waals surface area contributed by atoms with Gasteiger partial charge < -0.3 is 9.80 Å². The molecule has 0 aliphatic heterocycles. The number of hydrogen-bond acceptors (Lipinski definition) is 4. The molecule has 0 N–H and O–H groups in total. The van der Waals surface area contributed by atoms with Crippen LogP contribution in [0.25, 0.3) is 0 Å². The van der Waals surface area contributed by atoms with E-state index in [9.17, 15) is 0 Å². The van der Waals surface area contributed by atoms with Gasteiger partial charge in [-0.05, 0) is 63.6 Å². The van der Waals surface area contributed by atoms with Crippen LogP contribution in [0.5, 0.6) is 0 Å². The van der Waals surface area contributed by atoms with Crippen molar-refractivity contribution in [3.63, 3.8) is 0 Å². The molecule has 0 saturated carbocycles. The Morgan fingerprint density at radius 2 is 0.909 bits per heavy atom. The van der Waals surface area contributed by atoms with Crippen LogP contribution in [-0.4, -0.2) is 38.0 Å². The van der Waals surface area contributed by atoms with E-state index < -0.39 is 0 Å². The van der Waals surface area contributed by atoms with Crippen molar-refractivity contribution in [1.29, 1.82) is 0 Å². The first-order valence-electron chi connectivity index (χ1n) is 7.42. The van der Waals surface area contributed by atoms with Crippen LogP contribution in [0.3, 0.4) is 0 Å². The van der Waals surface area contributed by atoms with Gasteiger partial charge in [-0.25, -0.2) is 0 Å². The highest BCUT2D eigenvalue weighted by Crippen LogP contribution is 2.19. The SMILES string of the molecule is CN(C)Cc1ccc(N=Nc2ccc(CN(C)C)cc2)cc1. The summed E-state index contributed by atoms with van der Waals surface area (Å²) in [5, 5.41) is 8.58. The average Bonchev–Trinajstić information content (AvgIpc) is 2.47. The average molecular weight is 296 g/mol. The maximum atomic E-state index is 4.29. The van der Waals surface area contributed by atoms with Crippen LogP contribution in [0.1, 0.15) is 11.1 Å². The molecule has 2 rings (SSSR count). The fourth-order valence-corrected chi connectivity index (χ4v) is 2.18. The summed E-state index contributed by atoms with van der Waals surface area (Å²) in [7, 11) is 8.25. The van der Waals surface area contributed by atoms with E-state index in [-0.39, 0.29) is 0 Å². The zero-order chi connectivity index (χ0) is 15.9. The molecule has 0 unspecified atom stereocenters. The van der Waals surface area contributed by atoms with Gasteiger partial charge in [-0.15, -0.1) is 0 Å². The smallest absolute Gasteiger partial charge is 0.0857 e. The van der Waals surface area contributed by atoms with E-state index in [2.05, 4.69) is 72.5 Å². The summed E-state index contributed by atoms with van der Waals surface area (Å²) in [5.41, 5.74) is 4.30. The maximum absolute atomic E-state index is 4.29. The Morgan fingerprint density at radius 3 is 1.18 bits per heavy atom. The molecule has 4 heteroatoms. The van der Waals surface area contributed by atoms with Crippen LogP contribution in [-0.2, 0) is 13.1 Å². The third kappa shape index (κ3) is 5.39. The largest absolute Gasteiger partial charge is 0.305 e. The Labute approximate surface area is 133 Å². The van der Waals surface area contributed by atoms with Gasteiger partial charge in [0.25, 0.3) is 0 Å². The van der Waals surface area contributed by atoms with Gasteiger partial charge in [0, 0.05) is 13.1 Å². The van der Waals surface area contributed by atoms with Crippen molar-refractivity contribution in [2.75, 3.05) is 28.2 Å². The number of nitrogens with zero attached hydrogens (tertiary/aromatic N) is 4. The molecule has 0 heterocycles. The van der Waals surface area contributed by atoms with Gasteiger partial charge in [0.1, 0.15) is 0 Å². The standard InChI is InChI=1S/C18H24N4/c1-21(2)13-15-5-9-17(10-6-15)19-20-18-11-7-16(8-12-18)14-22(3)4/h5-12H,13-14H2,1-4H3. The lowest BCUT2D eigenvalue weighted by Gasteiger charge is -2.09. The summed E-state index contributed by atoms with van der Waals surface area (Å²) < 4.78 is 0. The lowest BCUT2D eigenvalue weighted by atomic mass is 10.2. The highest BCUT2D eigenvalue weighted by molar-refractivity contribution is 5.42. The first-order valence-corrected chi connectivity index (χ1v) is 7.42. The Kier molecular flexibility index (Phi) is 5.81. The molecule has 0 aliphatic rings. The van der Waals surface area contributed by atoms with Crippen molar-refractivity contribution >= 4 is 11.4 Å². The van der Waals surface area contributed by atoms with Gasteiger partial charge in [0.15, 0.2) is 0 Å². The summed E-state index contributed by atoms with van der Waals surface area (Å²) in [5.74, 6) is 0. The molecule has 22 heavy (non-hydrogen) atoms. The second kappa shape index (κ2) is 7.82. The topological polar surface area (TPSA) is 31.2 Å². The van der Waals surface area contributed by atoms with Crippen LogP contribution in [0.15, 0.2) is 58.8 Å². The van der Waals surface area contributed by atoms with Crippen molar-refractivity contribution in [3.05, 3.63) is 59.7 Å². The lowest BCUT2D eigenvalue weighted by Crippen LogP contribution is -2.10. The van der Waals surface area contributed by atoms with E-state index in [1.165, 1.54) is 11.1 Å². The molecule has 0 aromatic heterocycles. The molecule has 0 spiro atoms. The summed E-state index contributed by atoms with van der Waals surface area (Å²) >= 11 is 0. The summed E-state index contributed by atoms with van der Waals surface area (Å²) in [6.45, 7) is 1.87. The number of azo groups is 1. The molecule has 0 bridgehead atoms. The zero-order valence-electron chi connectivity index (χ0n) is 13.8. The van der Waals surface area contributed by atoms with Crippen LogP contribution in [0.4, 0.5) is 11.4 Å². The van der Waals surface area contributed by atoms with E-state index in [0.29, 0.717) is 0 Å². The van der Waals surface area contributed by atoms with Crippen LogP contribution in [0, 0.1) is 0 Å². The molecule has 4 nitrogen and oxygen atoms in total. The molecule has 0 aliphatic carbocycles. The molecule has 0 amide bonds. The minimum atomic E-state index is 0.875. The van der Waals surface area contributed by atoms with Gasteiger partial charge in [-0.3, -0.25) is 0 Å². The van der Waals surface area contributed by atoms with E-state index in [1.807, 2.05) is 24.3 Å². The summed E-state index contributed by atoms with van der Waals surface area (Å²) in [4.78, 5) is 4.29. The van der Waals surface area contributed by atoms with Crippen LogP contribution < -0.4 is 0 Å². The van der Waals surface area contributed by atoms with Crippen LogP contribution >= 0.6 is 0 Å². The van der Waals surface area contributed by atoms with Gasteiger partial charge >= 0.3 is 0 Å². The molecule has 2 aromatic rings. The van der Waals surface area contributed by atoms with E-state index in [0.717, 1.165) is 24.5 Å². The fourth-order valence-electron chi connectivity index (χ4n) is 2.18. The van der Waals surface area contributed by atoms with E-state index in [4.69, 9.17) is 0 Å². The van der Waals surface area contributed by atoms with E-state index >= 15 is 0 Å². The lowest BCUT2D eigenvalue weighted by molar-refractivity contribution is 0.402. The van der Waals surface area contributed by atoms with Gasteiger partial charge in [-0.1, -0.05) is 24.3 Å². The Morgan fingerprint density at radius 1 is 0.591 bits per heavy atom. The van der Waals surface area contributed by atoms with Gasteiger partial charge in [0.2, 0.25) is 0 Å². The van der Waals surface area contributed by atoms with Crippen molar-refractivity contribution in [2.45, 2.75) is 13.1 Å². The molecule has 0 radical (unpaired) electrons. The molecule has 116 valence electrons. The Balaban J connectivity index is 1.99. The number of benzene rings is 2. The quantitative estimate of drug-likeness (QED) is 0.747.